The van der Waals surface area contributed by atoms with E-state index in [4.69, 9.17) is 0 Å². The van der Waals surface area contributed by atoms with Crippen LogP contribution in [-0.2, 0) is 13.6 Å². The summed E-state index contributed by atoms with van der Waals surface area (Å²) in [4.78, 5) is 15.9. The molecule has 23 heavy (non-hydrogen) atoms. The fraction of sp³-hybridized carbons (Fsp3) is 0.500. The van der Waals surface area contributed by atoms with Crippen molar-refractivity contribution in [2.45, 2.75) is 38.8 Å². The number of aryl methyl sites for hydroxylation is 2. The SMILES string of the molecule is CCn1cnc2c(N3CCCC[C@@H]3c3ccnn3C)ncnc21. The van der Waals surface area contributed by atoms with Crippen molar-refractivity contribution in [1.82, 2.24) is 29.3 Å². The molecule has 0 spiro atoms. The highest BCUT2D eigenvalue weighted by Gasteiger charge is 2.29. The van der Waals surface area contributed by atoms with E-state index in [1.807, 2.05) is 24.3 Å². The summed E-state index contributed by atoms with van der Waals surface area (Å²) in [5.41, 5.74) is 3.03. The van der Waals surface area contributed by atoms with E-state index in [0.29, 0.717) is 6.04 Å². The predicted octanol–water partition coefficient (Wildman–Crippen LogP) is 2.31. The molecule has 4 rings (SSSR count). The summed E-state index contributed by atoms with van der Waals surface area (Å²) in [6, 6.07) is 2.40. The molecule has 1 saturated heterocycles. The summed E-state index contributed by atoms with van der Waals surface area (Å²) in [5, 5.41) is 4.34. The van der Waals surface area contributed by atoms with Gasteiger partial charge in [0.2, 0.25) is 0 Å². The summed E-state index contributed by atoms with van der Waals surface area (Å²) in [7, 11) is 2.00. The minimum Gasteiger partial charge on any atom is -0.346 e. The second-order valence-corrected chi connectivity index (χ2v) is 5.98. The van der Waals surface area contributed by atoms with E-state index in [0.717, 1.165) is 36.5 Å². The molecule has 1 atom stereocenters. The molecule has 0 aliphatic carbocycles. The Morgan fingerprint density at radius 3 is 2.91 bits per heavy atom. The zero-order valence-corrected chi connectivity index (χ0v) is 13.6. The van der Waals surface area contributed by atoms with Crippen LogP contribution < -0.4 is 4.90 Å². The molecule has 1 aliphatic heterocycles. The summed E-state index contributed by atoms with van der Waals surface area (Å²) >= 11 is 0. The van der Waals surface area contributed by atoms with Gasteiger partial charge >= 0.3 is 0 Å². The maximum Gasteiger partial charge on any atom is 0.165 e. The largest absolute Gasteiger partial charge is 0.346 e. The molecule has 0 bridgehead atoms. The van der Waals surface area contributed by atoms with Gasteiger partial charge < -0.3 is 9.47 Å². The van der Waals surface area contributed by atoms with Crippen molar-refractivity contribution >= 4 is 17.0 Å². The van der Waals surface area contributed by atoms with Crippen LogP contribution in [0.15, 0.2) is 24.9 Å². The average molecular weight is 311 g/mol. The highest BCUT2D eigenvalue weighted by Crippen LogP contribution is 2.35. The van der Waals surface area contributed by atoms with Crippen molar-refractivity contribution in [2.75, 3.05) is 11.4 Å². The first-order valence-electron chi connectivity index (χ1n) is 8.20. The first kappa shape index (κ1) is 14.2. The summed E-state index contributed by atoms with van der Waals surface area (Å²) in [6.07, 6.45) is 8.88. The fourth-order valence-corrected chi connectivity index (χ4v) is 3.51. The van der Waals surface area contributed by atoms with E-state index < -0.39 is 0 Å². The lowest BCUT2D eigenvalue weighted by atomic mass is 9.99. The van der Waals surface area contributed by atoms with Crippen LogP contribution in [0.2, 0.25) is 0 Å². The molecule has 4 heterocycles. The standard InChI is InChI=1S/C16H21N7/c1-3-22-11-19-14-15(22)17-10-18-16(14)23-9-5-4-6-13(23)12-7-8-20-21(12)2/h7-8,10-11,13H,3-6,9H2,1-2H3/t13-/m1/s1. The average Bonchev–Trinajstić information content (AvgIpc) is 3.20. The van der Waals surface area contributed by atoms with Gasteiger partial charge in [-0.05, 0) is 32.3 Å². The van der Waals surface area contributed by atoms with E-state index in [2.05, 4.69) is 42.5 Å². The van der Waals surface area contributed by atoms with Crippen LogP contribution in [0.3, 0.4) is 0 Å². The Morgan fingerprint density at radius 2 is 2.13 bits per heavy atom. The van der Waals surface area contributed by atoms with E-state index in [9.17, 15) is 0 Å². The Kier molecular flexibility index (Phi) is 3.48. The third kappa shape index (κ3) is 2.27. The van der Waals surface area contributed by atoms with E-state index >= 15 is 0 Å². The van der Waals surface area contributed by atoms with Crippen molar-refractivity contribution in [3.63, 3.8) is 0 Å². The lowest BCUT2D eigenvalue weighted by Gasteiger charge is -2.36. The lowest BCUT2D eigenvalue weighted by molar-refractivity contribution is 0.448. The Bertz CT molecular complexity index is 819. The summed E-state index contributed by atoms with van der Waals surface area (Å²) in [5.74, 6) is 0.938. The maximum absolute atomic E-state index is 4.58. The predicted molar refractivity (Wildman–Crippen MR) is 88.1 cm³/mol. The smallest absolute Gasteiger partial charge is 0.165 e. The van der Waals surface area contributed by atoms with Crippen molar-refractivity contribution in [3.05, 3.63) is 30.6 Å². The Labute approximate surface area is 135 Å². The second kappa shape index (κ2) is 5.64. The van der Waals surface area contributed by atoms with Gasteiger partial charge in [0.05, 0.1) is 18.1 Å². The van der Waals surface area contributed by atoms with Crippen LogP contribution in [0.4, 0.5) is 5.82 Å². The number of rotatable bonds is 3. The third-order valence-corrected chi connectivity index (χ3v) is 4.70. The molecule has 0 radical (unpaired) electrons. The number of aromatic nitrogens is 6. The molecule has 7 nitrogen and oxygen atoms in total. The molecule has 3 aromatic rings. The van der Waals surface area contributed by atoms with Gasteiger partial charge in [-0.25, -0.2) is 15.0 Å². The summed E-state index contributed by atoms with van der Waals surface area (Å²) in [6.45, 7) is 3.95. The van der Waals surface area contributed by atoms with Gasteiger partial charge in [0.25, 0.3) is 0 Å². The van der Waals surface area contributed by atoms with Crippen LogP contribution in [0.5, 0.6) is 0 Å². The molecule has 3 aromatic heterocycles. The highest BCUT2D eigenvalue weighted by molar-refractivity contribution is 5.83. The molecule has 0 amide bonds. The Hall–Kier alpha value is -2.44. The van der Waals surface area contributed by atoms with Crippen molar-refractivity contribution in [3.8, 4) is 0 Å². The van der Waals surface area contributed by atoms with Crippen LogP contribution in [0, 0.1) is 0 Å². The number of imidazole rings is 1. The number of hydrogen-bond donors (Lipinski definition) is 0. The van der Waals surface area contributed by atoms with E-state index in [1.165, 1.54) is 18.5 Å². The number of hydrogen-bond acceptors (Lipinski definition) is 5. The van der Waals surface area contributed by atoms with Crippen LogP contribution >= 0.6 is 0 Å². The zero-order chi connectivity index (χ0) is 15.8. The molecule has 0 saturated carbocycles. The first-order valence-corrected chi connectivity index (χ1v) is 8.20. The van der Waals surface area contributed by atoms with Crippen molar-refractivity contribution < 1.29 is 0 Å². The van der Waals surface area contributed by atoms with Crippen LogP contribution in [0.1, 0.15) is 37.9 Å². The zero-order valence-electron chi connectivity index (χ0n) is 13.6. The van der Waals surface area contributed by atoms with Gasteiger partial charge in [0.1, 0.15) is 6.33 Å². The van der Waals surface area contributed by atoms with Gasteiger partial charge in [-0.2, -0.15) is 5.10 Å². The fourth-order valence-electron chi connectivity index (χ4n) is 3.51. The summed E-state index contributed by atoms with van der Waals surface area (Å²) < 4.78 is 4.02. The van der Waals surface area contributed by atoms with Crippen molar-refractivity contribution in [2.24, 2.45) is 7.05 Å². The third-order valence-electron chi connectivity index (χ3n) is 4.70. The number of piperidine rings is 1. The number of fused-ring (bicyclic) bond motifs is 1. The molecule has 1 aliphatic rings. The topological polar surface area (TPSA) is 64.7 Å². The molecule has 1 fully saturated rings. The van der Waals surface area contributed by atoms with Gasteiger partial charge in [-0.1, -0.05) is 0 Å². The minimum atomic E-state index is 0.293. The van der Waals surface area contributed by atoms with E-state index in [1.54, 1.807) is 6.33 Å². The van der Waals surface area contributed by atoms with Crippen LogP contribution in [0.25, 0.3) is 11.2 Å². The number of nitrogens with zero attached hydrogens (tertiary/aromatic N) is 7. The van der Waals surface area contributed by atoms with Gasteiger partial charge in [-0.15, -0.1) is 0 Å². The maximum atomic E-state index is 4.58. The highest BCUT2D eigenvalue weighted by atomic mass is 15.3. The van der Waals surface area contributed by atoms with Gasteiger partial charge in [-0.3, -0.25) is 4.68 Å². The molecule has 7 heteroatoms. The van der Waals surface area contributed by atoms with Crippen molar-refractivity contribution in [1.29, 1.82) is 0 Å². The molecule has 0 N–H and O–H groups in total. The molecule has 0 aromatic carbocycles. The van der Waals surface area contributed by atoms with Gasteiger partial charge in [0, 0.05) is 26.3 Å². The molecular formula is C16H21N7. The first-order chi connectivity index (χ1) is 11.3. The van der Waals surface area contributed by atoms with Gasteiger partial charge in [0.15, 0.2) is 17.0 Å². The van der Waals surface area contributed by atoms with Crippen LogP contribution in [-0.4, -0.2) is 35.8 Å². The Morgan fingerprint density at radius 1 is 1.22 bits per heavy atom. The lowest BCUT2D eigenvalue weighted by Crippen LogP contribution is -2.35. The van der Waals surface area contributed by atoms with E-state index in [-0.39, 0.29) is 0 Å². The molecular weight excluding hydrogens is 290 g/mol. The Balaban J connectivity index is 1.81. The monoisotopic (exact) mass is 311 g/mol. The molecule has 120 valence electrons. The normalized spacial score (nSPS) is 18.7. The molecule has 0 unspecified atom stereocenters. The quantitative estimate of drug-likeness (QED) is 0.742. The number of anilines is 1. The minimum absolute atomic E-state index is 0.293. The second-order valence-electron chi connectivity index (χ2n) is 5.98.